The summed E-state index contributed by atoms with van der Waals surface area (Å²) in [5.74, 6) is -0.373. The molecule has 0 fully saturated rings. The van der Waals surface area contributed by atoms with Crippen molar-refractivity contribution < 1.29 is 31.9 Å². The van der Waals surface area contributed by atoms with Crippen LogP contribution in [0.3, 0.4) is 0 Å². The summed E-state index contributed by atoms with van der Waals surface area (Å²) >= 11 is 1.33. The zero-order valence-corrected chi connectivity index (χ0v) is 22.8. The van der Waals surface area contributed by atoms with Gasteiger partial charge in [-0.3, -0.25) is 4.79 Å². The van der Waals surface area contributed by atoms with Gasteiger partial charge in [0.1, 0.15) is 5.82 Å². The quantitative estimate of drug-likeness (QED) is 0.229. The molecule has 4 rings (SSSR count). The van der Waals surface area contributed by atoms with Crippen LogP contribution in [0.4, 0.5) is 17.6 Å². The number of carbonyl (C=O) groups excluding carboxylic acids is 3. The van der Waals surface area contributed by atoms with Crippen molar-refractivity contribution in [3.63, 3.8) is 0 Å². The standard InChI is InChI=1S/C27H26F4N4OS.CO2/c1-4-14-34(3)24(36)13-12-23-25(18-8-10-20(11-9-18)27(29,30)31)32-26(37-23)35-16-22(17(2)33-35)19-6-5-7-21(28)15-19;2-1-3/h5-11,15-16H,4,12-14H2,1-3H3;. The summed E-state index contributed by atoms with van der Waals surface area (Å²) in [7, 11) is 1.75. The van der Waals surface area contributed by atoms with Gasteiger partial charge in [0.25, 0.3) is 0 Å². The highest BCUT2D eigenvalue weighted by Gasteiger charge is 2.30. The average molecular weight is 575 g/mol. The fourth-order valence-corrected chi connectivity index (χ4v) is 5.03. The number of carbonyl (C=O) groups is 1. The van der Waals surface area contributed by atoms with Crippen molar-refractivity contribution in [3.8, 4) is 27.5 Å². The molecule has 0 aliphatic carbocycles. The Bertz CT molecular complexity index is 1490. The van der Waals surface area contributed by atoms with Gasteiger partial charge in [-0.25, -0.2) is 14.1 Å². The molecule has 0 saturated carbocycles. The van der Waals surface area contributed by atoms with Crippen molar-refractivity contribution in [2.24, 2.45) is 0 Å². The number of benzene rings is 2. The van der Waals surface area contributed by atoms with Crippen LogP contribution < -0.4 is 0 Å². The first-order chi connectivity index (χ1) is 19.0. The lowest BCUT2D eigenvalue weighted by molar-refractivity contribution is -0.191. The molecule has 4 aromatic rings. The van der Waals surface area contributed by atoms with E-state index in [0.29, 0.717) is 40.6 Å². The summed E-state index contributed by atoms with van der Waals surface area (Å²) in [5.41, 5.74) is 2.38. The highest BCUT2D eigenvalue weighted by atomic mass is 32.1. The Kier molecular flexibility index (Phi) is 10.1. The molecule has 0 aliphatic rings. The van der Waals surface area contributed by atoms with E-state index in [9.17, 15) is 22.4 Å². The van der Waals surface area contributed by atoms with Gasteiger partial charge >= 0.3 is 12.3 Å². The van der Waals surface area contributed by atoms with E-state index < -0.39 is 11.7 Å². The molecule has 0 aliphatic heterocycles. The Morgan fingerprint density at radius 2 is 1.77 bits per heavy atom. The molecule has 7 nitrogen and oxygen atoms in total. The topological polar surface area (TPSA) is 85.2 Å². The van der Waals surface area contributed by atoms with Gasteiger partial charge in [0.05, 0.1) is 17.0 Å². The van der Waals surface area contributed by atoms with Crippen LogP contribution in [0.25, 0.3) is 27.5 Å². The van der Waals surface area contributed by atoms with Crippen molar-refractivity contribution in [1.29, 1.82) is 0 Å². The van der Waals surface area contributed by atoms with Crippen molar-refractivity contribution in [2.45, 2.75) is 39.3 Å². The van der Waals surface area contributed by atoms with Crippen LogP contribution in [0.2, 0.25) is 0 Å². The van der Waals surface area contributed by atoms with Crippen molar-refractivity contribution >= 4 is 23.4 Å². The lowest BCUT2D eigenvalue weighted by Gasteiger charge is -2.15. The maximum Gasteiger partial charge on any atom is 0.416 e. The number of aromatic nitrogens is 3. The van der Waals surface area contributed by atoms with E-state index in [0.717, 1.165) is 29.0 Å². The Hall–Kier alpha value is -4.15. The molecule has 0 unspecified atom stereocenters. The fraction of sp³-hybridized carbons (Fsp3) is 0.286. The van der Waals surface area contributed by atoms with E-state index in [2.05, 4.69) is 5.10 Å². The second kappa shape index (κ2) is 13.3. The number of amides is 1. The fourth-order valence-electron chi connectivity index (χ4n) is 4.02. The third kappa shape index (κ3) is 7.49. The first kappa shape index (κ1) is 30.4. The summed E-state index contributed by atoms with van der Waals surface area (Å²) in [6.45, 7) is 4.45. The van der Waals surface area contributed by atoms with E-state index >= 15 is 0 Å². The third-order valence-electron chi connectivity index (χ3n) is 5.95. The molecular weight excluding hydrogens is 548 g/mol. The number of hydrogen-bond donors (Lipinski definition) is 0. The van der Waals surface area contributed by atoms with Crippen molar-refractivity contribution in [3.05, 3.63) is 76.7 Å². The van der Waals surface area contributed by atoms with Crippen LogP contribution >= 0.6 is 11.3 Å². The molecule has 210 valence electrons. The molecule has 0 radical (unpaired) electrons. The maximum absolute atomic E-state index is 13.8. The third-order valence-corrected chi connectivity index (χ3v) is 7.06. The zero-order chi connectivity index (χ0) is 29.4. The maximum atomic E-state index is 13.8. The minimum atomic E-state index is -4.44. The van der Waals surface area contributed by atoms with Gasteiger partial charge in [-0.2, -0.15) is 27.9 Å². The smallest absolute Gasteiger partial charge is 0.346 e. The predicted molar refractivity (Wildman–Crippen MR) is 141 cm³/mol. The summed E-state index contributed by atoms with van der Waals surface area (Å²) in [6, 6.07) is 11.0. The largest absolute Gasteiger partial charge is 0.416 e. The lowest BCUT2D eigenvalue weighted by Crippen LogP contribution is -2.27. The molecule has 2 aromatic heterocycles. The van der Waals surface area contributed by atoms with Gasteiger partial charge in [-0.1, -0.05) is 42.5 Å². The molecule has 2 aromatic carbocycles. The predicted octanol–water partition coefficient (Wildman–Crippen LogP) is 6.35. The van der Waals surface area contributed by atoms with Crippen LogP contribution in [0, 0.1) is 12.7 Å². The first-order valence-corrected chi connectivity index (χ1v) is 13.0. The molecule has 1 amide bonds. The Balaban J connectivity index is 0.00000141. The Morgan fingerprint density at radius 1 is 1.10 bits per heavy atom. The number of hydrogen-bond acceptors (Lipinski definition) is 6. The second-order valence-electron chi connectivity index (χ2n) is 8.83. The molecule has 2 heterocycles. The van der Waals surface area contributed by atoms with Crippen LogP contribution in [0.5, 0.6) is 0 Å². The normalized spacial score (nSPS) is 11.0. The average Bonchev–Trinajstić information content (AvgIpc) is 3.51. The summed E-state index contributed by atoms with van der Waals surface area (Å²) in [6.07, 6.45) is -0.958. The van der Waals surface area contributed by atoms with E-state index in [1.165, 1.54) is 35.6 Å². The molecule has 0 spiro atoms. The minimum absolute atomic E-state index is 0.0153. The molecule has 0 bridgehead atoms. The lowest BCUT2D eigenvalue weighted by atomic mass is 10.1. The number of alkyl halides is 3. The van der Waals surface area contributed by atoms with Gasteiger partial charge < -0.3 is 4.90 Å². The first-order valence-electron chi connectivity index (χ1n) is 12.2. The summed E-state index contributed by atoms with van der Waals surface area (Å²) < 4.78 is 54.6. The van der Waals surface area contributed by atoms with Crippen molar-refractivity contribution in [2.75, 3.05) is 13.6 Å². The number of aryl methyl sites for hydroxylation is 2. The zero-order valence-electron chi connectivity index (χ0n) is 22.0. The Labute approximate surface area is 232 Å². The van der Waals surface area contributed by atoms with Gasteiger partial charge in [-0.15, -0.1) is 0 Å². The highest BCUT2D eigenvalue weighted by molar-refractivity contribution is 7.14. The number of halogens is 4. The SMILES string of the molecule is CCCN(C)C(=O)CCc1sc(-n2cc(-c3cccc(F)c3)c(C)n2)nc1-c1ccc(C(F)(F)F)cc1.O=C=O. The van der Waals surface area contributed by atoms with Gasteiger partial charge in [0.15, 0.2) is 0 Å². The van der Waals surface area contributed by atoms with Gasteiger partial charge in [0.2, 0.25) is 11.0 Å². The van der Waals surface area contributed by atoms with E-state index in [-0.39, 0.29) is 24.3 Å². The highest BCUT2D eigenvalue weighted by Crippen LogP contribution is 2.35. The number of rotatable bonds is 8. The minimum Gasteiger partial charge on any atom is -0.346 e. The molecular formula is C28H26F4N4O3S. The number of thiazole rings is 1. The van der Waals surface area contributed by atoms with E-state index in [1.54, 1.807) is 35.0 Å². The van der Waals surface area contributed by atoms with Crippen molar-refractivity contribution in [1.82, 2.24) is 19.7 Å². The molecule has 0 atom stereocenters. The van der Waals surface area contributed by atoms with Crippen LogP contribution in [0.1, 0.15) is 35.9 Å². The molecule has 40 heavy (non-hydrogen) atoms. The summed E-state index contributed by atoms with van der Waals surface area (Å²) in [4.78, 5) is 36.0. The second-order valence-corrected chi connectivity index (χ2v) is 9.89. The molecule has 12 heteroatoms. The van der Waals surface area contributed by atoms with E-state index in [1.807, 2.05) is 13.8 Å². The van der Waals surface area contributed by atoms with Gasteiger partial charge in [-0.05, 0) is 49.6 Å². The number of nitrogens with zero attached hydrogens (tertiary/aromatic N) is 4. The Morgan fingerprint density at radius 3 is 2.38 bits per heavy atom. The molecule has 0 N–H and O–H groups in total. The van der Waals surface area contributed by atoms with Gasteiger partial charge in [0, 0.05) is 42.2 Å². The van der Waals surface area contributed by atoms with E-state index in [4.69, 9.17) is 14.6 Å². The molecule has 0 saturated heterocycles. The summed E-state index contributed by atoms with van der Waals surface area (Å²) in [5, 5.41) is 5.05. The van der Waals surface area contributed by atoms with Crippen LogP contribution in [-0.2, 0) is 27.0 Å². The van der Waals surface area contributed by atoms with Crippen LogP contribution in [0.15, 0.2) is 54.7 Å². The van der Waals surface area contributed by atoms with Crippen LogP contribution in [-0.4, -0.2) is 45.3 Å². The monoisotopic (exact) mass is 574 g/mol.